The van der Waals surface area contributed by atoms with Gasteiger partial charge in [0.25, 0.3) is 0 Å². The maximum atomic E-state index is 12.5. The van der Waals surface area contributed by atoms with Gasteiger partial charge in [-0.15, -0.1) is 10.2 Å². The largest absolute Gasteiger partial charge is 0.398 e. The van der Waals surface area contributed by atoms with Crippen LogP contribution in [0.2, 0.25) is 0 Å². The maximum absolute atomic E-state index is 12.5. The number of nitrogens with zero attached hydrogens (tertiary/aromatic N) is 3. The highest BCUT2D eigenvalue weighted by Crippen LogP contribution is 2.24. The normalized spacial score (nSPS) is 18.9. The molecule has 2 heterocycles. The Morgan fingerprint density at radius 1 is 1.35 bits per heavy atom. The summed E-state index contributed by atoms with van der Waals surface area (Å²) in [5.41, 5.74) is 7.69. The fourth-order valence-corrected chi connectivity index (χ4v) is 2.46. The number of ketones is 1. The molecule has 2 aromatic rings. The minimum Gasteiger partial charge on any atom is -0.398 e. The Bertz CT molecular complexity index is 603. The summed E-state index contributed by atoms with van der Waals surface area (Å²) < 4.78 is 0. The van der Waals surface area contributed by atoms with Crippen LogP contribution >= 0.6 is 0 Å². The van der Waals surface area contributed by atoms with Gasteiger partial charge >= 0.3 is 0 Å². The van der Waals surface area contributed by atoms with Crippen LogP contribution in [0.4, 0.5) is 5.69 Å². The highest BCUT2D eigenvalue weighted by atomic mass is 16.1. The lowest BCUT2D eigenvalue weighted by Gasteiger charge is -2.22. The Labute approximate surface area is 115 Å². The summed E-state index contributed by atoms with van der Waals surface area (Å²) in [6.07, 6.45) is 3.08. The van der Waals surface area contributed by atoms with Crippen LogP contribution < -0.4 is 11.1 Å². The van der Waals surface area contributed by atoms with E-state index in [9.17, 15) is 4.79 Å². The van der Waals surface area contributed by atoms with E-state index >= 15 is 0 Å². The second kappa shape index (κ2) is 5.38. The molecule has 4 N–H and O–H groups in total. The molecule has 7 heteroatoms. The summed E-state index contributed by atoms with van der Waals surface area (Å²) in [5, 5.41) is 17.0. The molecule has 1 aromatic heterocycles. The first-order chi connectivity index (χ1) is 9.75. The van der Waals surface area contributed by atoms with Crippen LogP contribution in [0.3, 0.4) is 0 Å². The molecule has 0 aliphatic carbocycles. The standard InChI is InChI=1S/C13H16N6O/c14-10-5-4-8(7-9(10)13-16-18-19-17-13)12(20)11-3-1-2-6-15-11/h4-5,7,11,15H,1-3,6,14H2,(H,16,17,18,19). The van der Waals surface area contributed by atoms with Crippen molar-refractivity contribution in [3.8, 4) is 11.4 Å². The van der Waals surface area contributed by atoms with Crippen molar-refractivity contribution in [1.29, 1.82) is 0 Å². The van der Waals surface area contributed by atoms with Crippen molar-refractivity contribution >= 4 is 11.5 Å². The second-order valence-electron chi connectivity index (χ2n) is 4.90. The second-order valence-corrected chi connectivity index (χ2v) is 4.90. The van der Waals surface area contributed by atoms with Crippen molar-refractivity contribution in [2.45, 2.75) is 25.3 Å². The lowest BCUT2D eigenvalue weighted by molar-refractivity contribution is 0.0927. The number of Topliss-reactive ketones (excluding diaryl/α,β-unsaturated/α-hetero) is 1. The zero-order chi connectivity index (χ0) is 13.9. The molecule has 1 aliphatic heterocycles. The zero-order valence-electron chi connectivity index (χ0n) is 11.0. The van der Waals surface area contributed by atoms with E-state index in [-0.39, 0.29) is 11.8 Å². The smallest absolute Gasteiger partial charge is 0.206 e. The number of rotatable bonds is 3. The Morgan fingerprint density at radius 2 is 2.25 bits per heavy atom. The van der Waals surface area contributed by atoms with Crippen LogP contribution in [0.1, 0.15) is 29.6 Å². The molecule has 0 radical (unpaired) electrons. The first kappa shape index (κ1) is 12.7. The van der Waals surface area contributed by atoms with Crippen molar-refractivity contribution in [2.24, 2.45) is 0 Å². The predicted molar refractivity (Wildman–Crippen MR) is 74.0 cm³/mol. The van der Waals surface area contributed by atoms with Gasteiger partial charge < -0.3 is 11.1 Å². The van der Waals surface area contributed by atoms with Gasteiger partial charge in [-0.3, -0.25) is 4.79 Å². The molecule has 1 fully saturated rings. The number of tetrazole rings is 1. The number of benzene rings is 1. The molecule has 20 heavy (non-hydrogen) atoms. The number of H-pyrrole nitrogens is 1. The minimum atomic E-state index is -0.106. The SMILES string of the molecule is Nc1ccc(C(=O)C2CCCCN2)cc1-c1nn[nH]n1. The quantitative estimate of drug-likeness (QED) is 0.562. The molecule has 0 amide bonds. The molecule has 1 aromatic carbocycles. The first-order valence-corrected chi connectivity index (χ1v) is 6.66. The van der Waals surface area contributed by atoms with Crippen LogP contribution in [0.5, 0.6) is 0 Å². The third kappa shape index (κ3) is 2.39. The van der Waals surface area contributed by atoms with Crippen molar-refractivity contribution in [3.05, 3.63) is 23.8 Å². The van der Waals surface area contributed by atoms with Gasteiger partial charge in [0.1, 0.15) is 0 Å². The third-order valence-corrected chi connectivity index (χ3v) is 3.55. The topological polar surface area (TPSA) is 110 Å². The zero-order valence-corrected chi connectivity index (χ0v) is 11.0. The molecule has 104 valence electrons. The molecule has 0 bridgehead atoms. The van der Waals surface area contributed by atoms with Crippen molar-refractivity contribution < 1.29 is 4.79 Å². The Morgan fingerprint density at radius 3 is 2.95 bits per heavy atom. The van der Waals surface area contributed by atoms with E-state index in [0.29, 0.717) is 22.6 Å². The fourth-order valence-electron chi connectivity index (χ4n) is 2.46. The van der Waals surface area contributed by atoms with E-state index in [4.69, 9.17) is 5.73 Å². The van der Waals surface area contributed by atoms with Crippen molar-refractivity contribution in [1.82, 2.24) is 25.9 Å². The number of nitrogens with two attached hydrogens (primary N) is 1. The molecule has 3 rings (SSSR count). The number of carbonyl (C=O) groups excluding carboxylic acids is 1. The van der Waals surface area contributed by atoms with E-state index in [1.165, 1.54) is 0 Å². The minimum absolute atomic E-state index is 0.0921. The number of hydrogen-bond donors (Lipinski definition) is 3. The summed E-state index contributed by atoms with van der Waals surface area (Å²) in [7, 11) is 0. The van der Waals surface area contributed by atoms with Gasteiger partial charge in [-0.2, -0.15) is 5.21 Å². The summed E-state index contributed by atoms with van der Waals surface area (Å²) in [6.45, 7) is 0.892. The number of nitrogen functional groups attached to an aromatic ring is 1. The van der Waals surface area contributed by atoms with E-state index in [2.05, 4.69) is 25.9 Å². The molecular formula is C13H16N6O. The molecular weight excluding hydrogens is 256 g/mol. The van der Waals surface area contributed by atoms with Gasteiger partial charge in [-0.05, 0) is 42.8 Å². The summed E-state index contributed by atoms with van der Waals surface area (Å²) in [6, 6.07) is 5.09. The van der Waals surface area contributed by atoms with E-state index in [1.54, 1.807) is 18.2 Å². The number of hydrogen-bond acceptors (Lipinski definition) is 6. The summed E-state index contributed by atoms with van der Waals surface area (Å²) >= 11 is 0. The number of carbonyl (C=O) groups is 1. The van der Waals surface area contributed by atoms with Crippen LogP contribution in [0.15, 0.2) is 18.2 Å². The van der Waals surface area contributed by atoms with Gasteiger partial charge in [0.15, 0.2) is 5.78 Å². The van der Waals surface area contributed by atoms with E-state index < -0.39 is 0 Å². The number of nitrogens with one attached hydrogen (secondary N) is 2. The average molecular weight is 272 g/mol. The van der Waals surface area contributed by atoms with E-state index in [0.717, 1.165) is 25.8 Å². The van der Waals surface area contributed by atoms with Gasteiger partial charge in [0.05, 0.1) is 6.04 Å². The molecule has 1 unspecified atom stereocenters. The van der Waals surface area contributed by atoms with Gasteiger partial charge in [-0.25, -0.2) is 0 Å². The third-order valence-electron chi connectivity index (χ3n) is 3.55. The van der Waals surface area contributed by atoms with Crippen LogP contribution in [0, 0.1) is 0 Å². The average Bonchev–Trinajstić information content (AvgIpc) is 3.02. The lowest BCUT2D eigenvalue weighted by atomic mass is 9.95. The number of anilines is 1. The molecule has 7 nitrogen and oxygen atoms in total. The predicted octanol–water partition coefficient (Wildman–Crippen LogP) is 0.774. The van der Waals surface area contributed by atoms with Crippen molar-refractivity contribution in [3.63, 3.8) is 0 Å². The molecule has 1 saturated heterocycles. The van der Waals surface area contributed by atoms with Crippen LogP contribution in [-0.2, 0) is 0 Å². The Balaban J connectivity index is 1.90. The maximum Gasteiger partial charge on any atom is 0.206 e. The number of piperidine rings is 1. The number of aromatic amines is 1. The summed E-state index contributed by atoms with van der Waals surface area (Å²) in [4.78, 5) is 12.5. The van der Waals surface area contributed by atoms with Crippen LogP contribution in [0.25, 0.3) is 11.4 Å². The van der Waals surface area contributed by atoms with Crippen LogP contribution in [-0.4, -0.2) is 39.0 Å². The molecule has 0 spiro atoms. The molecule has 1 atom stereocenters. The van der Waals surface area contributed by atoms with Gasteiger partial charge in [0.2, 0.25) is 5.82 Å². The highest BCUT2D eigenvalue weighted by molar-refractivity contribution is 6.01. The Hall–Kier alpha value is -2.28. The van der Waals surface area contributed by atoms with Gasteiger partial charge in [0, 0.05) is 16.8 Å². The monoisotopic (exact) mass is 272 g/mol. The van der Waals surface area contributed by atoms with E-state index in [1.807, 2.05) is 0 Å². The number of aromatic nitrogens is 4. The fraction of sp³-hybridized carbons (Fsp3) is 0.385. The first-order valence-electron chi connectivity index (χ1n) is 6.66. The van der Waals surface area contributed by atoms with Crippen molar-refractivity contribution in [2.75, 3.05) is 12.3 Å². The Kier molecular flexibility index (Phi) is 3.42. The lowest BCUT2D eigenvalue weighted by Crippen LogP contribution is -2.40. The molecule has 0 saturated carbocycles. The van der Waals surface area contributed by atoms with Gasteiger partial charge in [-0.1, -0.05) is 6.42 Å². The highest BCUT2D eigenvalue weighted by Gasteiger charge is 2.22. The summed E-state index contributed by atoms with van der Waals surface area (Å²) in [5.74, 6) is 0.489. The molecule has 1 aliphatic rings.